The Bertz CT molecular complexity index is 238. The molecule has 1 N–H and O–H groups in total. The molecule has 0 radical (unpaired) electrons. The van der Waals surface area contributed by atoms with E-state index in [0.29, 0.717) is 11.5 Å². The summed E-state index contributed by atoms with van der Waals surface area (Å²) < 4.78 is 0. The van der Waals surface area contributed by atoms with E-state index in [-0.39, 0.29) is 0 Å². The monoisotopic (exact) mass is 238 g/mol. The van der Waals surface area contributed by atoms with Crippen molar-refractivity contribution >= 4 is 0 Å². The highest BCUT2D eigenvalue weighted by atomic mass is 15.2. The van der Waals surface area contributed by atoms with Gasteiger partial charge in [0.05, 0.1) is 0 Å². The lowest BCUT2D eigenvalue weighted by atomic mass is 9.79. The topological polar surface area (TPSA) is 15.3 Å². The Hall–Kier alpha value is -0.0800. The molecule has 100 valence electrons. The average molecular weight is 238 g/mol. The first-order chi connectivity index (χ1) is 7.98. The normalized spacial score (nSPS) is 33.9. The maximum absolute atomic E-state index is 3.80. The molecular weight excluding hydrogens is 208 g/mol. The lowest BCUT2D eigenvalue weighted by molar-refractivity contribution is 0.0642. The lowest BCUT2D eigenvalue weighted by Crippen LogP contribution is -2.61. The Morgan fingerprint density at radius 2 is 1.71 bits per heavy atom. The van der Waals surface area contributed by atoms with Crippen LogP contribution in [-0.2, 0) is 0 Å². The second-order valence-electron chi connectivity index (χ2n) is 7.23. The van der Waals surface area contributed by atoms with E-state index in [4.69, 9.17) is 0 Å². The number of likely N-dealkylation sites (N-methyl/N-ethyl adjacent to an activating group) is 1. The van der Waals surface area contributed by atoms with Crippen molar-refractivity contribution in [3.63, 3.8) is 0 Å². The van der Waals surface area contributed by atoms with E-state index < -0.39 is 0 Å². The van der Waals surface area contributed by atoms with Gasteiger partial charge in [-0.15, -0.1) is 0 Å². The minimum atomic E-state index is 0.381. The predicted molar refractivity (Wildman–Crippen MR) is 74.2 cm³/mol. The summed E-state index contributed by atoms with van der Waals surface area (Å²) in [6.45, 7) is 9.45. The van der Waals surface area contributed by atoms with Gasteiger partial charge in [-0.2, -0.15) is 0 Å². The maximum atomic E-state index is 3.80. The summed E-state index contributed by atoms with van der Waals surface area (Å²) in [5.41, 5.74) is 0.381. The Labute approximate surface area is 107 Å². The van der Waals surface area contributed by atoms with E-state index in [1.54, 1.807) is 0 Å². The molecule has 0 aromatic carbocycles. The van der Waals surface area contributed by atoms with Crippen molar-refractivity contribution in [1.82, 2.24) is 10.2 Å². The number of hydrogen-bond acceptors (Lipinski definition) is 2. The molecule has 2 atom stereocenters. The van der Waals surface area contributed by atoms with E-state index >= 15 is 0 Å². The highest BCUT2D eigenvalue weighted by Gasteiger charge is 2.35. The van der Waals surface area contributed by atoms with Gasteiger partial charge in [-0.1, -0.05) is 40.0 Å². The molecule has 0 aromatic rings. The smallest absolute Gasteiger partial charge is 0.0246 e. The van der Waals surface area contributed by atoms with Crippen LogP contribution in [0.4, 0.5) is 0 Å². The van der Waals surface area contributed by atoms with Crippen LogP contribution in [0.5, 0.6) is 0 Å². The van der Waals surface area contributed by atoms with Crippen LogP contribution in [0.15, 0.2) is 0 Å². The molecule has 2 fully saturated rings. The quantitative estimate of drug-likeness (QED) is 0.755. The molecule has 1 aliphatic heterocycles. The Morgan fingerprint density at radius 3 is 2.24 bits per heavy atom. The van der Waals surface area contributed by atoms with Crippen molar-refractivity contribution in [2.75, 3.05) is 20.1 Å². The summed E-state index contributed by atoms with van der Waals surface area (Å²) in [5.74, 6) is 0.946. The summed E-state index contributed by atoms with van der Waals surface area (Å²) in [4.78, 5) is 2.63. The molecule has 2 unspecified atom stereocenters. The highest BCUT2D eigenvalue weighted by molar-refractivity contribution is 4.93. The molecule has 2 nitrogen and oxygen atoms in total. The number of rotatable bonds is 1. The van der Waals surface area contributed by atoms with E-state index in [9.17, 15) is 0 Å². The van der Waals surface area contributed by atoms with Crippen LogP contribution in [0.2, 0.25) is 0 Å². The zero-order valence-electron chi connectivity index (χ0n) is 12.1. The Kier molecular flexibility index (Phi) is 4.14. The van der Waals surface area contributed by atoms with Crippen molar-refractivity contribution in [3.8, 4) is 0 Å². The van der Waals surface area contributed by atoms with Gasteiger partial charge in [0.2, 0.25) is 0 Å². The van der Waals surface area contributed by atoms with Gasteiger partial charge in [-0.3, -0.25) is 0 Å². The first kappa shape index (κ1) is 13.4. The summed E-state index contributed by atoms with van der Waals surface area (Å²) in [6.07, 6.45) is 7.29. The van der Waals surface area contributed by atoms with Gasteiger partial charge in [-0.25, -0.2) is 0 Å². The minimum absolute atomic E-state index is 0.381. The lowest BCUT2D eigenvalue weighted by Gasteiger charge is -2.46. The van der Waals surface area contributed by atoms with Crippen LogP contribution in [0, 0.1) is 11.3 Å². The van der Waals surface area contributed by atoms with E-state index in [1.165, 1.54) is 45.2 Å². The van der Waals surface area contributed by atoms with Gasteiger partial charge in [0, 0.05) is 25.2 Å². The summed E-state index contributed by atoms with van der Waals surface area (Å²) in [6, 6.07) is 1.43. The van der Waals surface area contributed by atoms with E-state index in [0.717, 1.165) is 12.0 Å². The van der Waals surface area contributed by atoms with Crippen molar-refractivity contribution in [1.29, 1.82) is 0 Å². The van der Waals surface area contributed by atoms with Crippen LogP contribution < -0.4 is 5.32 Å². The first-order valence-electron chi connectivity index (χ1n) is 7.42. The van der Waals surface area contributed by atoms with E-state index in [2.05, 4.69) is 38.0 Å². The molecule has 17 heavy (non-hydrogen) atoms. The largest absolute Gasteiger partial charge is 0.311 e. The fraction of sp³-hybridized carbons (Fsp3) is 1.00. The van der Waals surface area contributed by atoms with Crippen LogP contribution in [0.3, 0.4) is 0 Å². The van der Waals surface area contributed by atoms with Crippen molar-refractivity contribution < 1.29 is 0 Å². The summed E-state index contributed by atoms with van der Waals surface area (Å²) >= 11 is 0. The molecule has 1 heterocycles. The minimum Gasteiger partial charge on any atom is -0.311 e. The fourth-order valence-electron chi connectivity index (χ4n) is 3.53. The summed E-state index contributed by atoms with van der Waals surface area (Å²) in [5, 5.41) is 3.80. The summed E-state index contributed by atoms with van der Waals surface area (Å²) in [7, 11) is 2.33. The van der Waals surface area contributed by atoms with Crippen LogP contribution in [-0.4, -0.2) is 37.1 Å². The molecule has 2 heteroatoms. The molecule has 1 saturated heterocycles. The third-order valence-electron chi connectivity index (χ3n) is 4.85. The molecule has 0 bridgehead atoms. The number of hydrogen-bond donors (Lipinski definition) is 1. The van der Waals surface area contributed by atoms with Gasteiger partial charge < -0.3 is 10.2 Å². The van der Waals surface area contributed by atoms with Crippen LogP contribution in [0.25, 0.3) is 0 Å². The molecule has 2 aliphatic rings. The van der Waals surface area contributed by atoms with Gasteiger partial charge in [0.25, 0.3) is 0 Å². The van der Waals surface area contributed by atoms with Gasteiger partial charge >= 0.3 is 0 Å². The number of nitrogens with zero attached hydrogens (tertiary/aromatic N) is 1. The van der Waals surface area contributed by atoms with Crippen molar-refractivity contribution in [2.45, 2.75) is 65.0 Å². The average Bonchev–Trinajstić information content (AvgIpc) is 2.29. The Balaban J connectivity index is 1.91. The molecule has 1 aliphatic carbocycles. The van der Waals surface area contributed by atoms with Crippen LogP contribution in [0.1, 0.15) is 52.9 Å². The molecule has 1 saturated carbocycles. The molecule has 0 spiro atoms. The number of nitrogens with one attached hydrogen (secondary N) is 1. The van der Waals surface area contributed by atoms with Crippen LogP contribution >= 0.6 is 0 Å². The third-order valence-corrected chi connectivity index (χ3v) is 4.85. The molecule has 2 rings (SSSR count). The Morgan fingerprint density at radius 1 is 1.06 bits per heavy atom. The van der Waals surface area contributed by atoms with Crippen molar-refractivity contribution in [3.05, 3.63) is 0 Å². The number of piperazine rings is 1. The van der Waals surface area contributed by atoms with Gasteiger partial charge in [0.15, 0.2) is 0 Å². The predicted octanol–water partition coefficient (Wildman–Crippen LogP) is 2.89. The zero-order chi connectivity index (χ0) is 12.5. The second-order valence-corrected chi connectivity index (χ2v) is 7.23. The highest BCUT2D eigenvalue weighted by Crippen LogP contribution is 2.31. The maximum Gasteiger partial charge on any atom is 0.0246 e. The van der Waals surface area contributed by atoms with Gasteiger partial charge in [-0.05, 0) is 31.2 Å². The van der Waals surface area contributed by atoms with Gasteiger partial charge in [0.1, 0.15) is 0 Å². The zero-order valence-corrected chi connectivity index (χ0v) is 12.1. The second kappa shape index (κ2) is 5.27. The third kappa shape index (κ3) is 3.23. The SMILES string of the molecule is CN1CC(C(C)(C)C)NCC1C1CCCCC1. The first-order valence-corrected chi connectivity index (χ1v) is 7.42. The standard InChI is InChI=1S/C15H30N2/c1-15(2,3)14-11-17(4)13(10-16-14)12-8-6-5-7-9-12/h12-14,16H,5-11H2,1-4H3. The molecule has 0 aromatic heterocycles. The fourth-order valence-corrected chi connectivity index (χ4v) is 3.53. The van der Waals surface area contributed by atoms with Crippen molar-refractivity contribution in [2.24, 2.45) is 11.3 Å². The van der Waals surface area contributed by atoms with E-state index in [1.807, 2.05) is 0 Å². The molecule has 0 amide bonds. The molecular formula is C15H30N2.